The first-order valence-corrected chi connectivity index (χ1v) is 10.8. The number of halogens is 1. The summed E-state index contributed by atoms with van der Waals surface area (Å²) in [6, 6.07) is 6.31. The first-order chi connectivity index (χ1) is 13.5. The average Bonchev–Trinajstić information content (AvgIpc) is 3.32. The molecule has 0 saturated heterocycles. The molecule has 0 aliphatic heterocycles. The number of hydrogen-bond donors (Lipinski definition) is 0. The number of benzene rings is 1. The Morgan fingerprint density at radius 1 is 1.39 bits per heavy atom. The summed E-state index contributed by atoms with van der Waals surface area (Å²) in [4.78, 5) is 14.7. The molecule has 1 aliphatic carbocycles. The van der Waals surface area contributed by atoms with Crippen molar-refractivity contribution in [1.29, 1.82) is 0 Å². The predicted molar refractivity (Wildman–Crippen MR) is 107 cm³/mol. The van der Waals surface area contributed by atoms with Crippen LogP contribution in [0.5, 0.6) is 5.75 Å². The molecule has 0 saturated carbocycles. The SMILES string of the molecule is COc1ccc(C(=O)CSc2nnc(-c3cc4c(s3)CC[C@@H](C)C4)o2)cc1F. The monoisotopic (exact) mass is 418 g/mol. The van der Waals surface area contributed by atoms with E-state index < -0.39 is 5.82 Å². The maximum atomic E-state index is 13.8. The Morgan fingerprint density at radius 2 is 2.25 bits per heavy atom. The minimum atomic E-state index is -0.561. The fraction of sp³-hybridized carbons (Fsp3) is 0.350. The fourth-order valence-electron chi connectivity index (χ4n) is 3.23. The van der Waals surface area contributed by atoms with Gasteiger partial charge in [0.1, 0.15) is 0 Å². The number of nitrogens with zero attached hydrogens (tertiary/aromatic N) is 2. The van der Waals surface area contributed by atoms with Gasteiger partial charge in [0.05, 0.1) is 17.7 Å². The smallest absolute Gasteiger partial charge is 0.277 e. The summed E-state index contributed by atoms with van der Waals surface area (Å²) in [6.45, 7) is 2.27. The topological polar surface area (TPSA) is 65.2 Å². The first-order valence-electron chi connectivity index (χ1n) is 8.98. The Balaban J connectivity index is 1.41. The molecule has 2 heterocycles. The number of carbonyl (C=O) groups is 1. The van der Waals surface area contributed by atoms with Crippen LogP contribution in [0.4, 0.5) is 4.39 Å². The van der Waals surface area contributed by atoms with E-state index in [1.54, 1.807) is 17.4 Å². The van der Waals surface area contributed by atoms with Crippen LogP contribution in [-0.2, 0) is 12.8 Å². The molecule has 1 atom stereocenters. The van der Waals surface area contributed by atoms with Gasteiger partial charge in [0, 0.05) is 10.4 Å². The molecule has 146 valence electrons. The van der Waals surface area contributed by atoms with Crippen molar-refractivity contribution in [3.05, 3.63) is 46.1 Å². The Bertz CT molecular complexity index is 1010. The summed E-state index contributed by atoms with van der Waals surface area (Å²) in [6.07, 6.45) is 3.41. The number of Topliss-reactive ketones (excluding diaryl/α,β-unsaturated/α-hetero) is 1. The molecule has 8 heteroatoms. The summed E-state index contributed by atoms with van der Waals surface area (Å²) >= 11 is 2.86. The highest BCUT2D eigenvalue weighted by molar-refractivity contribution is 7.99. The third kappa shape index (κ3) is 3.98. The quantitative estimate of drug-likeness (QED) is 0.412. The van der Waals surface area contributed by atoms with Gasteiger partial charge in [-0.25, -0.2) is 4.39 Å². The van der Waals surface area contributed by atoms with Crippen LogP contribution in [0.1, 0.15) is 34.1 Å². The maximum Gasteiger partial charge on any atom is 0.277 e. The van der Waals surface area contributed by atoms with E-state index in [2.05, 4.69) is 23.2 Å². The van der Waals surface area contributed by atoms with E-state index in [0.29, 0.717) is 17.0 Å². The van der Waals surface area contributed by atoms with Crippen LogP contribution in [-0.4, -0.2) is 28.8 Å². The van der Waals surface area contributed by atoms with E-state index in [-0.39, 0.29) is 22.8 Å². The van der Waals surface area contributed by atoms with Crippen molar-refractivity contribution in [1.82, 2.24) is 10.2 Å². The zero-order valence-electron chi connectivity index (χ0n) is 15.5. The number of ketones is 1. The number of fused-ring (bicyclic) bond motifs is 1. The molecule has 0 unspecified atom stereocenters. The molecule has 0 bridgehead atoms. The standard InChI is InChI=1S/C20H19FN2O3S2/c1-11-3-6-17-13(7-11)9-18(28-17)19-22-23-20(26-19)27-10-15(24)12-4-5-16(25-2)14(21)8-12/h4-5,8-9,11H,3,6-7,10H2,1-2H3/t11-/m1/s1. The predicted octanol–water partition coefficient (Wildman–Crippen LogP) is 5.05. The second-order valence-electron chi connectivity index (χ2n) is 6.84. The second-order valence-corrected chi connectivity index (χ2v) is 8.90. The molecule has 4 rings (SSSR count). The van der Waals surface area contributed by atoms with Gasteiger partial charge in [0.25, 0.3) is 11.1 Å². The number of thioether (sulfide) groups is 1. The van der Waals surface area contributed by atoms with Crippen molar-refractivity contribution < 1.29 is 18.3 Å². The lowest BCUT2D eigenvalue weighted by Gasteiger charge is -2.16. The van der Waals surface area contributed by atoms with Gasteiger partial charge >= 0.3 is 0 Å². The molecule has 0 fully saturated rings. The number of aryl methyl sites for hydroxylation is 1. The molecule has 5 nitrogen and oxygen atoms in total. The number of methoxy groups -OCH3 is 1. The Morgan fingerprint density at radius 3 is 3.04 bits per heavy atom. The van der Waals surface area contributed by atoms with Crippen LogP contribution in [0.3, 0.4) is 0 Å². The molecular formula is C20H19FN2O3S2. The van der Waals surface area contributed by atoms with Gasteiger partial charge in [0.15, 0.2) is 17.3 Å². The summed E-state index contributed by atoms with van der Waals surface area (Å²) in [5.41, 5.74) is 1.66. The number of aromatic nitrogens is 2. The van der Waals surface area contributed by atoms with E-state index >= 15 is 0 Å². The number of hydrogen-bond acceptors (Lipinski definition) is 7. The molecule has 1 aliphatic rings. The van der Waals surface area contributed by atoms with Gasteiger partial charge in [-0.05, 0) is 55.0 Å². The van der Waals surface area contributed by atoms with Crippen molar-refractivity contribution in [2.24, 2.45) is 5.92 Å². The van der Waals surface area contributed by atoms with Gasteiger partial charge < -0.3 is 9.15 Å². The van der Waals surface area contributed by atoms with Crippen LogP contribution in [0.25, 0.3) is 10.8 Å². The number of ether oxygens (including phenoxy) is 1. The van der Waals surface area contributed by atoms with Crippen LogP contribution >= 0.6 is 23.1 Å². The van der Waals surface area contributed by atoms with Gasteiger partial charge in [-0.15, -0.1) is 21.5 Å². The van der Waals surface area contributed by atoms with Gasteiger partial charge in [-0.2, -0.15) is 0 Å². The van der Waals surface area contributed by atoms with E-state index in [0.717, 1.165) is 29.5 Å². The summed E-state index contributed by atoms with van der Waals surface area (Å²) < 4.78 is 24.4. The lowest BCUT2D eigenvalue weighted by Crippen LogP contribution is -2.07. The maximum absolute atomic E-state index is 13.8. The van der Waals surface area contributed by atoms with Crippen LogP contribution in [0, 0.1) is 11.7 Å². The lowest BCUT2D eigenvalue weighted by atomic mass is 9.90. The molecule has 0 spiro atoms. The van der Waals surface area contributed by atoms with Crippen molar-refractivity contribution in [3.63, 3.8) is 0 Å². The fourth-order valence-corrected chi connectivity index (χ4v) is 5.02. The van der Waals surface area contributed by atoms with Gasteiger partial charge in [-0.1, -0.05) is 18.7 Å². The van der Waals surface area contributed by atoms with E-state index in [1.807, 2.05) is 0 Å². The van der Waals surface area contributed by atoms with Crippen molar-refractivity contribution in [3.8, 4) is 16.5 Å². The molecule has 3 aromatic rings. The zero-order valence-corrected chi connectivity index (χ0v) is 17.2. The minimum Gasteiger partial charge on any atom is -0.494 e. The Hall–Kier alpha value is -2.19. The minimum absolute atomic E-state index is 0.0891. The molecule has 0 radical (unpaired) electrons. The highest BCUT2D eigenvalue weighted by atomic mass is 32.2. The highest BCUT2D eigenvalue weighted by Gasteiger charge is 2.21. The Kier molecular flexibility index (Phi) is 5.50. The summed E-state index contributed by atoms with van der Waals surface area (Å²) in [5, 5.41) is 8.48. The largest absolute Gasteiger partial charge is 0.494 e. The van der Waals surface area contributed by atoms with Gasteiger partial charge in [-0.3, -0.25) is 4.79 Å². The number of rotatable bonds is 6. The molecule has 0 amide bonds. The summed E-state index contributed by atoms with van der Waals surface area (Å²) in [5.74, 6) is 0.612. The van der Waals surface area contributed by atoms with Crippen LogP contribution in [0.2, 0.25) is 0 Å². The average molecular weight is 419 g/mol. The third-order valence-electron chi connectivity index (χ3n) is 4.75. The normalized spacial score (nSPS) is 16.0. The molecular weight excluding hydrogens is 399 g/mol. The van der Waals surface area contributed by atoms with Crippen molar-refractivity contribution >= 4 is 28.9 Å². The number of carbonyl (C=O) groups excluding carboxylic acids is 1. The lowest BCUT2D eigenvalue weighted by molar-refractivity contribution is 0.102. The van der Waals surface area contributed by atoms with E-state index in [1.165, 1.54) is 36.1 Å². The third-order valence-corrected chi connectivity index (χ3v) is 6.79. The van der Waals surface area contributed by atoms with Crippen molar-refractivity contribution in [2.45, 2.75) is 31.4 Å². The molecule has 0 N–H and O–H groups in total. The zero-order chi connectivity index (χ0) is 19.7. The van der Waals surface area contributed by atoms with E-state index in [9.17, 15) is 9.18 Å². The van der Waals surface area contributed by atoms with Crippen LogP contribution < -0.4 is 4.74 Å². The summed E-state index contributed by atoms with van der Waals surface area (Å²) in [7, 11) is 1.38. The van der Waals surface area contributed by atoms with E-state index in [4.69, 9.17) is 9.15 Å². The molecule has 1 aromatic carbocycles. The molecule has 28 heavy (non-hydrogen) atoms. The second kappa shape index (κ2) is 8.05. The van der Waals surface area contributed by atoms with Crippen molar-refractivity contribution in [2.75, 3.05) is 12.9 Å². The Labute approximate surface area is 170 Å². The highest BCUT2D eigenvalue weighted by Crippen LogP contribution is 2.37. The van der Waals surface area contributed by atoms with Gasteiger partial charge in [0.2, 0.25) is 0 Å². The first kappa shape index (κ1) is 19.1. The number of thiophene rings is 1. The molecule has 2 aromatic heterocycles. The van der Waals surface area contributed by atoms with Crippen LogP contribution in [0.15, 0.2) is 33.9 Å².